The zero-order valence-electron chi connectivity index (χ0n) is 12.9. The summed E-state index contributed by atoms with van der Waals surface area (Å²) in [4.78, 5) is 16.3. The maximum atomic E-state index is 13.9. The van der Waals surface area contributed by atoms with Gasteiger partial charge in [0.2, 0.25) is 0 Å². The van der Waals surface area contributed by atoms with E-state index < -0.39 is 11.7 Å². The minimum atomic E-state index is -0.468. The van der Waals surface area contributed by atoms with E-state index in [-0.39, 0.29) is 11.4 Å². The number of hydrogen-bond acceptors (Lipinski definition) is 5. The molecule has 3 aromatic rings. The summed E-state index contributed by atoms with van der Waals surface area (Å²) in [7, 11) is 0. The second kappa shape index (κ2) is 7.18. The first-order valence-electron chi connectivity index (χ1n) is 7.28. The van der Waals surface area contributed by atoms with Crippen LogP contribution < -0.4 is 10.6 Å². The molecule has 0 saturated carbocycles. The predicted molar refractivity (Wildman–Crippen MR) is 92.8 cm³/mol. The molecule has 0 unspecified atom stereocenters. The highest BCUT2D eigenvalue weighted by molar-refractivity contribution is 7.04. The van der Waals surface area contributed by atoms with Gasteiger partial charge in [-0.15, -0.1) is 0 Å². The number of nitrogens with one attached hydrogen (secondary N) is 2. The van der Waals surface area contributed by atoms with Crippen LogP contribution in [0, 0.1) is 12.7 Å². The Kier molecular flexibility index (Phi) is 4.81. The number of pyridine rings is 1. The fraction of sp³-hybridized carbons (Fsp3) is 0.118. The number of aromatic nitrogens is 2. The van der Waals surface area contributed by atoms with Crippen molar-refractivity contribution in [2.24, 2.45) is 0 Å². The predicted octanol–water partition coefficient (Wildman–Crippen LogP) is 3.85. The number of carbonyl (C=O) groups is 1. The maximum absolute atomic E-state index is 13.9. The van der Waals surface area contributed by atoms with E-state index in [0.29, 0.717) is 12.2 Å². The van der Waals surface area contributed by atoms with Gasteiger partial charge < -0.3 is 10.6 Å². The monoisotopic (exact) mass is 342 g/mol. The molecule has 2 heterocycles. The van der Waals surface area contributed by atoms with Crippen LogP contribution >= 0.6 is 11.5 Å². The van der Waals surface area contributed by atoms with Crippen molar-refractivity contribution in [3.63, 3.8) is 0 Å². The molecule has 0 bridgehead atoms. The lowest BCUT2D eigenvalue weighted by Gasteiger charge is -2.08. The molecule has 0 spiro atoms. The van der Waals surface area contributed by atoms with Crippen LogP contribution in [0.15, 0.2) is 48.1 Å². The lowest BCUT2D eigenvalue weighted by molar-refractivity contribution is 0.102. The number of rotatable bonds is 5. The standard InChI is InChI=1S/C17H15FN4OS/c1-11-2-3-14(13(18)8-11)21-17(23)16-15(10-24-22-16)20-9-12-4-6-19-7-5-12/h2-8,10,20H,9H2,1H3,(H,21,23). The molecule has 2 aromatic heterocycles. The molecular weight excluding hydrogens is 327 g/mol. The molecular formula is C17H15FN4OS. The van der Waals surface area contributed by atoms with Crippen LogP contribution in [0.5, 0.6) is 0 Å². The van der Waals surface area contributed by atoms with Gasteiger partial charge in [-0.25, -0.2) is 4.39 Å². The summed E-state index contributed by atoms with van der Waals surface area (Å²) in [5.74, 6) is -0.916. The number of nitrogens with zero attached hydrogens (tertiary/aromatic N) is 2. The molecule has 1 aromatic carbocycles. The lowest BCUT2D eigenvalue weighted by Crippen LogP contribution is -2.15. The van der Waals surface area contributed by atoms with E-state index in [1.54, 1.807) is 36.8 Å². The smallest absolute Gasteiger partial charge is 0.277 e. The Hall–Kier alpha value is -2.80. The maximum Gasteiger partial charge on any atom is 0.277 e. The Bertz CT molecular complexity index is 851. The Morgan fingerprint density at radius 2 is 2.00 bits per heavy atom. The van der Waals surface area contributed by atoms with Gasteiger partial charge in [0.1, 0.15) is 5.82 Å². The molecule has 0 radical (unpaired) electrons. The quantitative estimate of drug-likeness (QED) is 0.739. The summed E-state index contributed by atoms with van der Waals surface area (Å²) in [6.45, 7) is 2.33. The molecule has 3 rings (SSSR count). The molecule has 0 aliphatic heterocycles. The van der Waals surface area contributed by atoms with Crippen molar-refractivity contribution in [2.75, 3.05) is 10.6 Å². The largest absolute Gasteiger partial charge is 0.378 e. The third-order valence-electron chi connectivity index (χ3n) is 3.39. The van der Waals surface area contributed by atoms with Crippen LogP contribution in [0.25, 0.3) is 0 Å². The van der Waals surface area contributed by atoms with E-state index in [1.165, 1.54) is 17.6 Å². The van der Waals surface area contributed by atoms with Crippen LogP contribution in [0.1, 0.15) is 21.6 Å². The molecule has 0 aliphatic rings. The third-order valence-corrected chi connectivity index (χ3v) is 4.02. The van der Waals surface area contributed by atoms with Gasteiger partial charge in [-0.05, 0) is 53.8 Å². The summed E-state index contributed by atoms with van der Waals surface area (Å²) in [6.07, 6.45) is 3.41. The number of aryl methyl sites for hydroxylation is 1. The number of amides is 1. The Balaban J connectivity index is 1.71. The van der Waals surface area contributed by atoms with Crippen molar-refractivity contribution in [2.45, 2.75) is 13.5 Å². The first-order chi connectivity index (χ1) is 11.6. The normalized spacial score (nSPS) is 10.4. The molecule has 7 heteroatoms. The second-order valence-corrected chi connectivity index (χ2v) is 5.85. The summed E-state index contributed by atoms with van der Waals surface area (Å²) in [6, 6.07) is 8.42. The van der Waals surface area contributed by atoms with Gasteiger partial charge in [-0.1, -0.05) is 6.07 Å². The van der Waals surface area contributed by atoms with E-state index in [0.717, 1.165) is 11.1 Å². The Morgan fingerprint density at radius 1 is 1.21 bits per heavy atom. The summed E-state index contributed by atoms with van der Waals surface area (Å²) < 4.78 is 18.0. The SMILES string of the molecule is Cc1ccc(NC(=O)c2nscc2NCc2ccncc2)c(F)c1. The number of halogens is 1. The van der Waals surface area contributed by atoms with Gasteiger partial charge in [-0.2, -0.15) is 4.37 Å². The van der Waals surface area contributed by atoms with Crippen LogP contribution in [-0.2, 0) is 6.54 Å². The number of hydrogen-bond donors (Lipinski definition) is 2. The fourth-order valence-corrected chi connectivity index (χ4v) is 2.77. The van der Waals surface area contributed by atoms with E-state index in [1.807, 2.05) is 12.1 Å². The van der Waals surface area contributed by atoms with Crippen molar-refractivity contribution in [3.05, 3.63) is 70.7 Å². The molecule has 5 nitrogen and oxygen atoms in total. The average Bonchev–Trinajstić information content (AvgIpc) is 3.05. The molecule has 24 heavy (non-hydrogen) atoms. The van der Waals surface area contributed by atoms with Crippen LogP contribution in [0.2, 0.25) is 0 Å². The van der Waals surface area contributed by atoms with Crippen molar-refractivity contribution in [1.29, 1.82) is 0 Å². The minimum Gasteiger partial charge on any atom is -0.378 e. The van der Waals surface area contributed by atoms with Crippen molar-refractivity contribution < 1.29 is 9.18 Å². The van der Waals surface area contributed by atoms with E-state index in [4.69, 9.17) is 0 Å². The van der Waals surface area contributed by atoms with Crippen molar-refractivity contribution >= 4 is 28.8 Å². The van der Waals surface area contributed by atoms with Crippen LogP contribution in [0.3, 0.4) is 0 Å². The molecule has 1 amide bonds. The Labute approximate surface area is 142 Å². The minimum absolute atomic E-state index is 0.138. The number of carbonyl (C=O) groups excluding carboxylic acids is 1. The van der Waals surface area contributed by atoms with Gasteiger partial charge in [0.05, 0.1) is 11.4 Å². The van der Waals surface area contributed by atoms with Gasteiger partial charge in [-0.3, -0.25) is 9.78 Å². The highest BCUT2D eigenvalue weighted by Crippen LogP contribution is 2.21. The Morgan fingerprint density at radius 3 is 2.75 bits per heavy atom. The zero-order chi connectivity index (χ0) is 16.9. The number of benzene rings is 1. The van der Waals surface area contributed by atoms with E-state index >= 15 is 0 Å². The van der Waals surface area contributed by atoms with E-state index in [9.17, 15) is 9.18 Å². The lowest BCUT2D eigenvalue weighted by atomic mass is 10.2. The first kappa shape index (κ1) is 16.1. The second-order valence-electron chi connectivity index (χ2n) is 5.22. The van der Waals surface area contributed by atoms with Crippen molar-refractivity contribution in [3.8, 4) is 0 Å². The molecule has 2 N–H and O–H groups in total. The highest BCUT2D eigenvalue weighted by atomic mass is 32.1. The summed E-state index contributed by atoms with van der Waals surface area (Å²) in [5, 5.41) is 7.48. The van der Waals surface area contributed by atoms with E-state index in [2.05, 4.69) is 20.0 Å². The van der Waals surface area contributed by atoms with Crippen LogP contribution in [-0.4, -0.2) is 15.3 Å². The summed E-state index contributed by atoms with van der Waals surface area (Å²) in [5.41, 5.74) is 2.82. The highest BCUT2D eigenvalue weighted by Gasteiger charge is 2.16. The summed E-state index contributed by atoms with van der Waals surface area (Å²) >= 11 is 1.17. The molecule has 0 atom stereocenters. The van der Waals surface area contributed by atoms with Gasteiger partial charge in [0, 0.05) is 24.3 Å². The molecule has 122 valence electrons. The number of anilines is 2. The van der Waals surface area contributed by atoms with Gasteiger partial charge in [0.25, 0.3) is 5.91 Å². The van der Waals surface area contributed by atoms with Gasteiger partial charge in [0.15, 0.2) is 5.69 Å². The zero-order valence-corrected chi connectivity index (χ0v) is 13.7. The molecule has 0 aliphatic carbocycles. The van der Waals surface area contributed by atoms with Crippen molar-refractivity contribution in [1.82, 2.24) is 9.36 Å². The fourth-order valence-electron chi connectivity index (χ4n) is 2.13. The topological polar surface area (TPSA) is 66.9 Å². The van der Waals surface area contributed by atoms with Crippen LogP contribution in [0.4, 0.5) is 15.8 Å². The first-order valence-corrected chi connectivity index (χ1v) is 8.12. The van der Waals surface area contributed by atoms with Gasteiger partial charge >= 0.3 is 0 Å². The molecule has 0 fully saturated rings. The molecule has 0 saturated heterocycles. The average molecular weight is 342 g/mol. The third kappa shape index (κ3) is 3.75.